The average Bonchev–Trinajstić information content (AvgIpc) is 2.94. The average molecular weight is 281 g/mol. The highest BCUT2D eigenvalue weighted by Crippen LogP contribution is 2.22. The summed E-state index contributed by atoms with van der Waals surface area (Å²) in [6.07, 6.45) is 1.69. The van der Waals surface area contributed by atoms with Crippen LogP contribution < -0.4 is 5.32 Å². The molecule has 0 saturated carbocycles. The number of aryl methyl sites for hydroxylation is 1. The zero-order chi connectivity index (χ0) is 15.3. The second-order valence-corrected chi connectivity index (χ2v) is 5.45. The molecule has 0 radical (unpaired) electrons. The van der Waals surface area contributed by atoms with Crippen LogP contribution in [0.15, 0.2) is 10.6 Å². The van der Waals surface area contributed by atoms with Gasteiger partial charge in [-0.2, -0.15) is 0 Å². The summed E-state index contributed by atoms with van der Waals surface area (Å²) in [6, 6.07) is 1.72. The number of nitrogens with zero attached hydrogens (tertiary/aromatic N) is 2. The van der Waals surface area contributed by atoms with Crippen LogP contribution in [0.25, 0.3) is 0 Å². The SMILES string of the molecule is CCc1cc(C(=O)NC(C)C(C)(CC)N(C)CC)no1. The molecule has 1 amide bonds. The highest BCUT2D eigenvalue weighted by Gasteiger charge is 2.34. The summed E-state index contributed by atoms with van der Waals surface area (Å²) in [4.78, 5) is 14.5. The van der Waals surface area contributed by atoms with Crippen LogP contribution in [-0.2, 0) is 6.42 Å². The second-order valence-electron chi connectivity index (χ2n) is 5.45. The number of amides is 1. The number of carbonyl (C=O) groups excluding carboxylic acids is 1. The molecule has 5 nitrogen and oxygen atoms in total. The fourth-order valence-corrected chi connectivity index (χ4v) is 2.28. The largest absolute Gasteiger partial charge is 0.361 e. The van der Waals surface area contributed by atoms with E-state index in [4.69, 9.17) is 4.52 Å². The maximum Gasteiger partial charge on any atom is 0.273 e. The third kappa shape index (κ3) is 3.39. The Labute approximate surface area is 121 Å². The van der Waals surface area contributed by atoms with Crippen molar-refractivity contribution in [2.24, 2.45) is 0 Å². The molecule has 2 atom stereocenters. The maximum atomic E-state index is 12.2. The van der Waals surface area contributed by atoms with Gasteiger partial charge in [0, 0.05) is 24.1 Å². The van der Waals surface area contributed by atoms with Gasteiger partial charge in [-0.3, -0.25) is 9.69 Å². The molecule has 1 aromatic heterocycles. The van der Waals surface area contributed by atoms with Gasteiger partial charge >= 0.3 is 0 Å². The van der Waals surface area contributed by atoms with E-state index in [1.807, 2.05) is 13.8 Å². The van der Waals surface area contributed by atoms with E-state index in [1.54, 1.807) is 6.07 Å². The van der Waals surface area contributed by atoms with Gasteiger partial charge in [-0.05, 0) is 33.9 Å². The second kappa shape index (κ2) is 6.88. The molecule has 20 heavy (non-hydrogen) atoms. The molecule has 1 N–H and O–H groups in total. The standard InChI is InChI=1S/C15H27N3O2/c1-7-12-10-13(17-20-12)14(19)16-11(4)15(5,8-2)18(6)9-3/h10-11H,7-9H2,1-6H3,(H,16,19). The normalized spacial score (nSPS) is 15.9. The zero-order valence-corrected chi connectivity index (χ0v) is 13.5. The van der Waals surface area contributed by atoms with Crippen LogP contribution in [0.3, 0.4) is 0 Å². The Hall–Kier alpha value is -1.36. The molecule has 0 aromatic carbocycles. The third-order valence-corrected chi connectivity index (χ3v) is 4.48. The molecule has 1 aromatic rings. The summed E-state index contributed by atoms with van der Waals surface area (Å²) in [6.45, 7) is 11.4. The molecular formula is C15H27N3O2. The van der Waals surface area contributed by atoms with Crippen molar-refractivity contribution in [2.75, 3.05) is 13.6 Å². The number of likely N-dealkylation sites (N-methyl/N-ethyl adjacent to an activating group) is 1. The minimum absolute atomic E-state index is 0.0201. The first-order valence-corrected chi connectivity index (χ1v) is 7.36. The lowest BCUT2D eigenvalue weighted by molar-refractivity contribution is 0.0753. The van der Waals surface area contributed by atoms with E-state index in [0.29, 0.717) is 5.69 Å². The zero-order valence-electron chi connectivity index (χ0n) is 13.5. The van der Waals surface area contributed by atoms with Crippen LogP contribution in [0.4, 0.5) is 0 Å². The van der Waals surface area contributed by atoms with E-state index < -0.39 is 0 Å². The van der Waals surface area contributed by atoms with Crippen LogP contribution in [0.1, 0.15) is 57.3 Å². The van der Waals surface area contributed by atoms with E-state index >= 15 is 0 Å². The fourth-order valence-electron chi connectivity index (χ4n) is 2.28. The molecule has 1 rings (SSSR count). The Bertz CT molecular complexity index is 444. The minimum atomic E-state index is -0.176. The van der Waals surface area contributed by atoms with Crippen LogP contribution in [-0.4, -0.2) is 41.1 Å². The molecule has 0 bridgehead atoms. The van der Waals surface area contributed by atoms with Crippen molar-refractivity contribution in [1.29, 1.82) is 0 Å². The van der Waals surface area contributed by atoms with Crippen LogP contribution in [0.2, 0.25) is 0 Å². The fraction of sp³-hybridized carbons (Fsp3) is 0.733. The predicted octanol–water partition coefficient (Wildman–Crippen LogP) is 2.48. The number of carbonyl (C=O) groups is 1. The lowest BCUT2D eigenvalue weighted by Gasteiger charge is -2.42. The van der Waals surface area contributed by atoms with Gasteiger partial charge in [0.25, 0.3) is 5.91 Å². The Morgan fingerprint density at radius 3 is 2.60 bits per heavy atom. The molecule has 2 unspecified atom stereocenters. The van der Waals surface area contributed by atoms with Crippen molar-refractivity contribution in [1.82, 2.24) is 15.4 Å². The lowest BCUT2D eigenvalue weighted by Crippen LogP contribution is -2.57. The molecule has 0 fully saturated rings. The van der Waals surface area contributed by atoms with Crippen molar-refractivity contribution in [3.63, 3.8) is 0 Å². The van der Waals surface area contributed by atoms with E-state index in [0.717, 1.165) is 25.1 Å². The van der Waals surface area contributed by atoms with Crippen LogP contribution in [0, 0.1) is 0 Å². The van der Waals surface area contributed by atoms with Crippen molar-refractivity contribution in [3.05, 3.63) is 17.5 Å². The summed E-state index contributed by atoms with van der Waals surface area (Å²) in [7, 11) is 2.08. The molecule has 1 heterocycles. The van der Waals surface area contributed by atoms with Crippen molar-refractivity contribution in [3.8, 4) is 0 Å². The van der Waals surface area contributed by atoms with E-state index in [9.17, 15) is 4.79 Å². The van der Waals surface area contributed by atoms with Gasteiger partial charge in [-0.15, -0.1) is 0 Å². The number of nitrogens with one attached hydrogen (secondary N) is 1. The highest BCUT2D eigenvalue weighted by atomic mass is 16.5. The molecule has 5 heteroatoms. The molecule has 0 spiro atoms. The van der Waals surface area contributed by atoms with Gasteiger partial charge in [-0.1, -0.05) is 25.9 Å². The molecule has 0 saturated heterocycles. The summed E-state index contributed by atoms with van der Waals surface area (Å²) in [5.41, 5.74) is 0.271. The van der Waals surface area contributed by atoms with Crippen molar-refractivity contribution >= 4 is 5.91 Å². The van der Waals surface area contributed by atoms with E-state index in [2.05, 4.69) is 43.2 Å². The van der Waals surface area contributed by atoms with Gasteiger partial charge < -0.3 is 9.84 Å². The Balaban J connectivity index is 2.78. The maximum absolute atomic E-state index is 12.2. The topological polar surface area (TPSA) is 58.4 Å². The monoisotopic (exact) mass is 281 g/mol. The van der Waals surface area contributed by atoms with E-state index in [-0.39, 0.29) is 17.5 Å². The number of hydrogen-bond acceptors (Lipinski definition) is 4. The summed E-state index contributed by atoms with van der Waals surface area (Å²) < 4.78 is 5.08. The lowest BCUT2D eigenvalue weighted by atomic mass is 9.88. The molecule has 0 aliphatic heterocycles. The Kier molecular flexibility index (Phi) is 5.74. The quantitative estimate of drug-likeness (QED) is 0.834. The van der Waals surface area contributed by atoms with Gasteiger partial charge in [-0.25, -0.2) is 0 Å². The van der Waals surface area contributed by atoms with Crippen LogP contribution in [0.5, 0.6) is 0 Å². The molecule has 114 valence electrons. The van der Waals surface area contributed by atoms with Crippen molar-refractivity contribution < 1.29 is 9.32 Å². The van der Waals surface area contributed by atoms with Gasteiger partial charge in [0.05, 0.1) is 0 Å². The first-order valence-electron chi connectivity index (χ1n) is 7.36. The van der Waals surface area contributed by atoms with Crippen LogP contribution >= 0.6 is 0 Å². The smallest absolute Gasteiger partial charge is 0.273 e. The molecule has 0 aliphatic rings. The van der Waals surface area contributed by atoms with Gasteiger partial charge in [0.1, 0.15) is 5.76 Å². The highest BCUT2D eigenvalue weighted by molar-refractivity contribution is 5.92. The Morgan fingerprint density at radius 1 is 1.50 bits per heavy atom. The molecular weight excluding hydrogens is 254 g/mol. The number of rotatable bonds is 7. The summed E-state index contributed by atoms with van der Waals surface area (Å²) in [5, 5.41) is 6.85. The predicted molar refractivity (Wildman–Crippen MR) is 79.8 cm³/mol. The first-order chi connectivity index (χ1) is 9.38. The minimum Gasteiger partial charge on any atom is -0.361 e. The summed E-state index contributed by atoms with van der Waals surface area (Å²) >= 11 is 0. The Morgan fingerprint density at radius 2 is 2.15 bits per heavy atom. The third-order valence-electron chi connectivity index (χ3n) is 4.48. The van der Waals surface area contributed by atoms with Gasteiger partial charge in [0.15, 0.2) is 5.69 Å². The van der Waals surface area contributed by atoms with Gasteiger partial charge in [0.2, 0.25) is 0 Å². The molecule has 0 aliphatic carbocycles. The van der Waals surface area contributed by atoms with E-state index in [1.165, 1.54) is 0 Å². The number of hydrogen-bond donors (Lipinski definition) is 1. The first kappa shape index (κ1) is 16.7. The summed E-state index contributed by atoms with van der Waals surface area (Å²) in [5.74, 6) is 0.553. The van der Waals surface area contributed by atoms with Crippen molar-refractivity contribution in [2.45, 2.75) is 59.0 Å². The number of aromatic nitrogens is 1.